The molecule has 2 amide bonds. The molecule has 0 aliphatic heterocycles. The highest BCUT2D eigenvalue weighted by Gasteiger charge is 2.36. The molecule has 0 heterocycles. The van der Waals surface area contributed by atoms with Crippen LogP contribution in [0.2, 0.25) is 0 Å². The van der Waals surface area contributed by atoms with E-state index in [-0.39, 0.29) is 5.69 Å². The van der Waals surface area contributed by atoms with Crippen molar-refractivity contribution in [2.24, 2.45) is 0 Å². The number of amides is 2. The maximum absolute atomic E-state index is 12.6. The van der Waals surface area contributed by atoms with Gasteiger partial charge in [-0.3, -0.25) is 4.31 Å². The number of alkyl halides is 7. The van der Waals surface area contributed by atoms with Gasteiger partial charge in [0.15, 0.2) is 4.84 Å². The summed E-state index contributed by atoms with van der Waals surface area (Å²) in [6, 6.07) is 3.43. The largest absolute Gasteiger partial charge is 0.416 e. The molecule has 0 saturated carbocycles. The van der Waals surface area contributed by atoms with Crippen molar-refractivity contribution < 1.29 is 18.0 Å². The van der Waals surface area contributed by atoms with Crippen molar-refractivity contribution in [2.75, 3.05) is 12.4 Å². The second kappa shape index (κ2) is 7.57. The van der Waals surface area contributed by atoms with Gasteiger partial charge in [-0.25, -0.2) is 4.79 Å². The van der Waals surface area contributed by atoms with E-state index < -0.39 is 26.3 Å². The minimum Gasteiger partial charge on any atom is -0.307 e. The average molecular weight is 416 g/mol. The summed E-state index contributed by atoms with van der Waals surface area (Å²) in [5, 5.41) is 2.28. The summed E-state index contributed by atoms with van der Waals surface area (Å²) in [7, 11) is 1.31. The number of halogens is 7. The molecule has 0 aliphatic carbocycles. The van der Waals surface area contributed by atoms with Crippen molar-refractivity contribution in [2.45, 2.75) is 14.7 Å². The van der Waals surface area contributed by atoms with Crippen LogP contribution in [0.15, 0.2) is 24.3 Å². The zero-order valence-corrected chi connectivity index (χ0v) is 14.6. The fourth-order valence-electron chi connectivity index (χ4n) is 1.24. The molecule has 0 bridgehead atoms. The molecule has 0 spiro atoms. The lowest BCUT2D eigenvalue weighted by atomic mass is 10.2. The standard InChI is InChI=1S/C11H9Cl4F3N2OS/c1-20(22-10(14,15)8(12)13)9(21)19-7-4-2-3-6(5-7)11(16,17)18/h2-5,8H,1H3,(H,19,21). The molecular weight excluding hydrogens is 407 g/mol. The second-order valence-electron chi connectivity index (χ2n) is 3.96. The van der Waals surface area contributed by atoms with Crippen molar-refractivity contribution in [1.82, 2.24) is 4.31 Å². The number of urea groups is 1. The maximum Gasteiger partial charge on any atom is 0.416 e. The van der Waals surface area contributed by atoms with Crippen LogP contribution >= 0.6 is 58.4 Å². The third-order valence-electron chi connectivity index (χ3n) is 2.24. The number of benzene rings is 1. The number of carbonyl (C=O) groups excluding carboxylic acids is 1. The fourth-order valence-corrected chi connectivity index (χ4v) is 2.67. The molecule has 0 aromatic heterocycles. The predicted octanol–water partition coefficient (Wildman–Crippen LogP) is 5.75. The van der Waals surface area contributed by atoms with Gasteiger partial charge in [0.25, 0.3) is 0 Å². The zero-order valence-electron chi connectivity index (χ0n) is 10.8. The molecule has 124 valence electrons. The molecule has 0 saturated heterocycles. The van der Waals surface area contributed by atoms with Crippen molar-refractivity contribution >= 4 is 70.1 Å². The quantitative estimate of drug-likeness (QED) is 0.501. The van der Waals surface area contributed by atoms with Crippen molar-refractivity contribution in [3.05, 3.63) is 29.8 Å². The van der Waals surface area contributed by atoms with Crippen molar-refractivity contribution in [1.29, 1.82) is 0 Å². The Morgan fingerprint density at radius 1 is 1.32 bits per heavy atom. The van der Waals surface area contributed by atoms with E-state index in [0.717, 1.165) is 16.4 Å². The van der Waals surface area contributed by atoms with Crippen LogP contribution in [0.4, 0.5) is 23.7 Å². The van der Waals surface area contributed by atoms with Crippen LogP contribution in [0.25, 0.3) is 0 Å². The Kier molecular flexibility index (Phi) is 6.83. The molecule has 1 rings (SSSR count). The molecular formula is C11H9Cl4F3N2OS. The van der Waals surface area contributed by atoms with E-state index in [9.17, 15) is 18.0 Å². The molecule has 0 aliphatic rings. The first-order chi connectivity index (χ1) is 9.93. The first-order valence-electron chi connectivity index (χ1n) is 5.50. The Labute approximate surface area is 149 Å². The van der Waals surface area contributed by atoms with Gasteiger partial charge < -0.3 is 5.32 Å². The molecule has 0 unspecified atom stereocenters. The van der Waals surface area contributed by atoms with Crippen LogP contribution in [0.5, 0.6) is 0 Å². The van der Waals surface area contributed by atoms with Crippen molar-refractivity contribution in [3.8, 4) is 0 Å². The minimum atomic E-state index is -4.51. The predicted molar refractivity (Wildman–Crippen MR) is 85.7 cm³/mol. The van der Waals surface area contributed by atoms with Crippen LogP contribution in [0.3, 0.4) is 0 Å². The lowest BCUT2D eigenvalue weighted by Gasteiger charge is -2.25. The molecule has 0 fully saturated rings. The van der Waals surface area contributed by atoms with E-state index in [1.807, 2.05) is 0 Å². The molecule has 11 heteroatoms. The van der Waals surface area contributed by atoms with Gasteiger partial charge in [-0.2, -0.15) is 13.2 Å². The summed E-state index contributed by atoms with van der Waals surface area (Å²) in [4.78, 5) is 10.7. The summed E-state index contributed by atoms with van der Waals surface area (Å²) in [6.07, 6.45) is -4.51. The van der Waals surface area contributed by atoms with Gasteiger partial charge in [0.05, 0.1) is 5.56 Å². The molecule has 1 aromatic carbocycles. The average Bonchev–Trinajstić information content (AvgIpc) is 2.37. The van der Waals surface area contributed by atoms with Crippen LogP contribution < -0.4 is 5.32 Å². The Morgan fingerprint density at radius 2 is 1.91 bits per heavy atom. The molecule has 0 atom stereocenters. The monoisotopic (exact) mass is 414 g/mol. The van der Waals surface area contributed by atoms with Gasteiger partial charge in [-0.1, -0.05) is 29.3 Å². The number of carbonyl (C=O) groups is 1. The van der Waals surface area contributed by atoms with Gasteiger partial charge in [-0.05, 0) is 30.1 Å². The number of rotatable bonds is 4. The number of hydrogen-bond acceptors (Lipinski definition) is 2. The summed E-state index contributed by atoms with van der Waals surface area (Å²) < 4.78 is 37.0. The van der Waals surface area contributed by atoms with Crippen LogP contribution in [0, 0.1) is 0 Å². The van der Waals surface area contributed by atoms with E-state index >= 15 is 0 Å². The summed E-state index contributed by atoms with van der Waals surface area (Å²) in [6.45, 7) is 0. The minimum absolute atomic E-state index is 0.0321. The van der Waals surface area contributed by atoms with Crippen molar-refractivity contribution in [3.63, 3.8) is 0 Å². The van der Waals surface area contributed by atoms with Crippen LogP contribution in [-0.4, -0.2) is 25.9 Å². The van der Waals surface area contributed by atoms with E-state index in [0.29, 0.717) is 11.9 Å². The van der Waals surface area contributed by atoms with Gasteiger partial charge >= 0.3 is 12.2 Å². The Morgan fingerprint density at radius 3 is 2.41 bits per heavy atom. The highest BCUT2D eigenvalue weighted by atomic mass is 35.5. The highest BCUT2D eigenvalue weighted by molar-refractivity contribution is 8.01. The zero-order chi connectivity index (χ0) is 17.1. The summed E-state index contributed by atoms with van der Waals surface area (Å²) in [5.74, 6) is 0. The first kappa shape index (κ1) is 19.8. The normalized spacial score (nSPS) is 12.4. The Bertz CT molecular complexity index is 542. The molecule has 1 N–H and O–H groups in total. The van der Waals surface area contributed by atoms with Gasteiger partial charge in [0.2, 0.25) is 3.67 Å². The topological polar surface area (TPSA) is 32.3 Å². The van der Waals surface area contributed by atoms with E-state index in [1.165, 1.54) is 19.2 Å². The maximum atomic E-state index is 12.6. The third-order valence-corrected chi connectivity index (χ3v) is 5.37. The lowest BCUT2D eigenvalue weighted by Crippen LogP contribution is -2.31. The number of anilines is 1. The first-order valence-corrected chi connectivity index (χ1v) is 7.91. The van der Waals surface area contributed by atoms with Gasteiger partial charge in [0.1, 0.15) is 0 Å². The SMILES string of the molecule is CN(SC(Cl)(Cl)C(Cl)Cl)C(=O)Nc1cccc(C(F)(F)F)c1. The Hall–Kier alpha value is -0.210. The number of hydrogen-bond donors (Lipinski definition) is 1. The molecule has 0 radical (unpaired) electrons. The summed E-state index contributed by atoms with van der Waals surface area (Å²) in [5.41, 5.74) is -0.915. The Balaban J connectivity index is 2.77. The fraction of sp³-hybridized carbons (Fsp3) is 0.364. The molecule has 1 aromatic rings. The van der Waals surface area contributed by atoms with Gasteiger partial charge in [-0.15, -0.1) is 23.2 Å². The number of nitrogens with zero attached hydrogens (tertiary/aromatic N) is 1. The van der Waals surface area contributed by atoms with Crippen LogP contribution in [0.1, 0.15) is 5.56 Å². The second-order valence-corrected chi connectivity index (χ2v) is 8.26. The lowest BCUT2D eigenvalue weighted by molar-refractivity contribution is -0.137. The smallest absolute Gasteiger partial charge is 0.307 e. The molecule has 22 heavy (non-hydrogen) atoms. The van der Waals surface area contributed by atoms with E-state index in [2.05, 4.69) is 5.32 Å². The van der Waals surface area contributed by atoms with E-state index in [4.69, 9.17) is 46.4 Å². The highest BCUT2D eigenvalue weighted by Crippen LogP contribution is 2.43. The van der Waals surface area contributed by atoms with Crippen LogP contribution in [-0.2, 0) is 6.18 Å². The molecule has 3 nitrogen and oxygen atoms in total. The van der Waals surface area contributed by atoms with E-state index in [1.54, 1.807) is 0 Å². The summed E-state index contributed by atoms with van der Waals surface area (Å²) >= 11 is 23.3. The van der Waals surface area contributed by atoms with Gasteiger partial charge in [0, 0.05) is 12.7 Å². The third kappa shape index (κ3) is 5.77. The number of nitrogens with one attached hydrogen (secondary N) is 1.